The molecule has 0 fully saturated rings. The summed E-state index contributed by atoms with van der Waals surface area (Å²) < 4.78 is 39.7. The smallest absolute Gasteiger partial charge is 0.399 e. The number of carbonyl (C=O) groups excluding carboxylic acids is 1. The number of rotatable bonds is 4. The van der Waals surface area contributed by atoms with Gasteiger partial charge in [-0.25, -0.2) is 0 Å². The molecule has 1 aromatic rings. The summed E-state index contributed by atoms with van der Waals surface area (Å²) in [5.74, 6) is -1.23. The van der Waals surface area contributed by atoms with Crippen molar-refractivity contribution in [3.05, 3.63) is 35.9 Å². The van der Waals surface area contributed by atoms with Crippen LogP contribution in [0.4, 0.5) is 13.2 Å². The zero-order valence-electron chi connectivity index (χ0n) is 8.46. The van der Waals surface area contributed by atoms with Gasteiger partial charge in [0.25, 0.3) is 0 Å². The lowest BCUT2D eigenvalue weighted by atomic mass is 10.2. The predicted octanol–water partition coefficient (Wildman–Crippen LogP) is 2.72. The third kappa shape index (κ3) is 5.38. The molecule has 1 rings (SSSR count). The minimum absolute atomic E-state index is 0.0288. The summed E-state index contributed by atoms with van der Waals surface area (Å²) in [4.78, 5) is 10.7. The fraction of sp³-hybridized carbons (Fsp3) is 0.364. The van der Waals surface area contributed by atoms with Gasteiger partial charge >= 0.3 is 12.1 Å². The Kier molecular flexibility index (Phi) is 4.34. The average Bonchev–Trinajstić information content (AvgIpc) is 2.16. The van der Waals surface area contributed by atoms with Crippen molar-refractivity contribution >= 4 is 5.97 Å². The van der Waals surface area contributed by atoms with E-state index in [4.69, 9.17) is 0 Å². The lowest BCUT2D eigenvalue weighted by molar-refractivity contribution is -0.171. The zero-order chi connectivity index (χ0) is 12.0. The molecule has 0 aliphatic heterocycles. The molecule has 1 aromatic carbocycles. The lowest BCUT2D eigenvalue weighted by Gasteiger charge is -2.07. The first-order valence-corrected chi connectivity index (χ1v) is 4.74. The minimum atomic E-state index is -4.50. The lowest BCUT2D eigenvalue weighted by Crippen LogP contribution is -2.18. The first-order valence-electron chi connectivity index (χ1n) is 4.74. The number of hydrogen-bond donors (Lipinski definition) is 0. The summed E-state index contributed by atoms with van der Waals surface area (Å²) in [5, 5.41) is 0. The first-order chi connectivity index (χ1) is 7.47. The molecule has 0 heterocycles. The SMILES string of the molecule is O=C(CC(F)(F)F)OCCc1ccccc1. The molecule has 0 saturated carbocycles. The highest BCUT2D eigenvalue weighted by Gasteiger charge is 2.32. The molecule has 0 aliphatic rings. The van der Waals surface area contributed by atoms with Gasteiger partial charge in [-0.1, -0.05) is 30.3 Å². The van der Waals surface area contributed by atoms with Gasteiger partial charge in [0.2, 0.25) is 0 Å². The Balaban J connectivity index is 2.24. The molecule has 0 N–H and O–H groups in total. The van der Waals surface area contributed by atoms with Crippen molar-refractivity contribution < 1.29 is 22.7 Å². The number of benzene rings is 1. The van der Waals surface area contributed by atoms with E-state index in [0.29, 0.717) is 6.42 Å². The molecule has 0 atom stereocenters. The Labute approximate surface area is 91.0 Å². The van der Waals surface area contributed by atoms with E-state index in [-0.39, 0.29) is 6.61 Å². The molecule has 0 radical (unpaired) electrons. The van der Waals surface area contributed by atoms with Crippen LogP contribution < -0.4 is 0 Å². The maximum absolute atomic E-state index is 11.8. The summed E-state index contributed by atoms with van der Waals surface area (Å²) in [5.41, 5.74) is 0.919. The summed E-state index contributed by atoms with van der Waals surface area (Å²) in [7, 11) is 0. The standard InChI is InChI=1S/C11H11F3O2/c12-11(13,14)8-10(15)16-7-6-9-4-2-1-3-5-9/h1-5H,6-8H2. The highest BCUT2D eigenvalue weighted by Crippen LogP contribution is 2.19. The van der Waals surface area contributed by atoms with Gasteiger partial charge in [-0.3, -0.25) is 4.79 Å². The van der Waals surface area contributed by atoms with Crippen LogP contribution >= 0.6 is 0 Å². The second-order valence-electron chi connectivity index (χ2n) is 3.25. The molecule has 2 nitrogen and oxygen atoms in total. The van der Waals surface area contributed by atoms with Gasteiger partial charge in [0.15, 0.2) is 0 Å². The molecule has 0 unspecified atom stereocenters. The Morgan fingerprint density at radius 2 is 1.81 bits per heavy atom. The second-order valence-corrected chi connectivity index (χ2v) is 3.25. The summed E-state index contributed by atoms with van der Waals surface area (Å²) in [6, 6.07) is 9.09. The van der Waals surface area contributed by atoms with Crippen LogP contribution in [0.25, 0.3) is 0 Å². The number of ether oxygens (including phenoxy) is 1. The average molecular weight is 232 g/mol. The van der Waals surface area contributed by atoms with Crippen molar-refractivity contribution in [3.8, 4) is 0 Å². The number of alkyl halides is 3. The minimum Gasteiger partial charge on any atom is -0.465 e. The van der Waals surface area contributed by atoms with Gasteiger partial charge in [0.05, 0.1) is 6.61 Å². The van der Waals surface area contributed by atoms with E-state index in [1.807, 2.05) is 30.3 Å². The van der Waals surface area contributed by atoms with Crippen LogP contribution in [0.2, 0.25) is 0 Å². The third-order valence-electron chi connectivity index (χ3n) is 1.84. The third-order valence-corrected chi connectivity index (χ3v) is 1.84. The fourth-order valence-electron chi connectivity index (χ4n) is 1.14. The van der Waals surface area contributed by atoms with Crippen molar-refractivity contribution in [3.63, 3.8) is 0 Å². The van der Waals surface area contributed by atoms with Crippen molar-refractivity contribution in [1.82, 2.24) is 0 Å². The largest absolute Gasteiger partial charge is 0.465 e. The van der Waals surface area contributed by atoms with Gasteiger partial charge in [-0.2, -0.15) is 13.2 Å². The van der Waals surface area contributed by atoms with E-state index in [1.165, 1.54) is 0 Å². The van der Waals surface area contributed by atoms with E-state index >= 15 is 0 Å². The monoisotopic (exact) mass is 232 g/mol. The summed E-state index contributed by atoms with van der Waals surface area (Å²) >= 11 is 0. The highest BCUT2D eigenvalue weighted by molar-refractivity contribution is 5.70. The Morgan fingerprint density at radius 3 is 2.38 bits per heavy atom. The van der Waals surface area contributed by atoms with Gasteiger partial charge in [0.1, 0.15) is 6.42 Å². The van der Waals surface area contributed by atoms with Crippen LogP contribution in [0, 0.1) is 0 Å². The van der Waals surface area contributed by atoms with Crippen LogP contribution in [0.15, 0.2) is 30.3 Å². The van der Waals surface area contributed by atoms with Gasteiger partial charge < -0.3 is 4.74 Å². The van der Waals surface area contributed by atoms with E-state index < -0.39 is 18.6 Å². The molecule has 0 aliphatic carbocycles. The zero-order valence-corrected chi connectivity index (χ0v) is 8.46. The topological polar surface area (TPSA) is 26.3 Å². The van der Waals surface area contributed by atoms with Crippen molar-refractivity contribution in [2.45, 2.75) is 19.0 Å². The van der Waals surface area contributed by atoms with Crippen molar-refractivity contribution in [2.24, 2.45) is 0 Å². The molecule has 5 heteroatoms. The highest BCUT2D eigenvalue weighted by atomic mass is 19.4. The Morgan fingerprint density at radius 1 is 1.19 bits per heavy atom. The molecule has 0 saturated heterocycles. The fourth-order valence-corrected chi connectivity index (χ4v) is 1.14. The Bertz CT molecular complexity index is 333. The van der Waals surface area contributed by atoms with Crippen LogP contribution in [0.3, 0.4) is 0 Å². The van der Waals surface area contributed by atoms with Gasteiger partial charge in [-0.15, -0.1) is 0 Å². The second kappa shape index (κ2) is 5.53. The molecule has 0 amide bonds. The summed E-state index contributed by atoms with van der Waals surface area (Å²) in [6.07, 6.45) is -5.60. The molecule has 0 bridgehead atoms. The van der Waals surface area contributed by atoms with Crippen LogP contribution in [-0.4, -0.2) is 18.8 Å². The Hall–Kier alpha value is -1.52. The van der Waals surface area contributed by atoms with Crippen LogP contribution in [0.1, 0.15) is 12.0 Å². The molecule has 0 spiro atoms. The van der Waals surface area contributed by atoms with Crippen molar-refractivity contribution in [2.75, 3.05) is 6.61 Å². The maximum Gasteiger partial charge on any atom is 0.399 e. The van der Waals surface area contributed by atoms with E-state index in [2.05, 4.69) is 4.74 Å². The molecular weight excluding hydrogens is 221 g/mol. The van der Waals surface area contributed by atoms with Gasteiger partial charge in [-0.05, 0) is 5.56 Å². The molecule has 16 heavy (non-hydrogen) atoms. The van der Waals surface area contributed by atoms with E-state index in [0.717, 1.165) is 5.56 Å². The number of hydrogen-bond acceptors (Lipinski definition) is 2. The van der Waals surface area contributed by atoms with Gasteiger partial charge in [0, 0.05) is 6.42 Å². The normalized spacial score (nSPS) is 11.2. The predicted molar refractivity (Wildman–Crippen MR) is 51.8 cm³/mol. The molecule has 0 aromatic heterocycles. The first kappa shape index (κ1) is 12.5. The number of carbonyl (C=O) groups is 1. The van der Waals surface area contributed by atoms with E-state index in [1.54, 1.807) is 0 Å². The number of esters is 1. The quantitative estimate of drug-likeness (QED) is 0.746. The molecule has 88 valence electrons. The number of halogens is 3. The maximum atomic E-state index is 11.8. The van der Waals surface area contributed by atoms with Crippen molar-refractivity contribution in [1.29, 1.82) is 0 Å². The van der Waals surface area contributed by atoms with Crippen LogP contribution in [0.5, 0.6) is 0 Å². The van der Waals surface area contributed by atoms with Crippen LogP contribution in [-0.2, 0) is 16.0 Å². The van der Waals surface area contributed by atoms with E-state index in [9.17, 15) is 18.0 Å². The molecular formula is C11H11F3O2. The summed E-state index contributed by atoms with van der Waals surface area (Å²) in [6.45, 7) is -0.0288.